The second-order valence-electron chi connectivity index (χ2n) is 5.15. The molecule has 1 saturated heterocycles. The number of rotatable bonds is 3. The van der Waals surface area contributed by atoms with Crippen LogP contribution in [0, 0.1) is 5.82 Å². The maximum Gasteiger partial charge on any atom is 0.279 e. The summed E-state index contributed by atoms with van der Waals surface area (Å²) in [4.78, 5) is 13.1. The van der Waals surface area contributed by atoms with Gasteiger partial charge in [0.2, 0.25) is 0 Å². The van der Waals surface area contributed by atoms with Gasteiger partial charge in [0.1, 0.15) is 31.1 Å². The predicted molar refractivity (Wildman–Crippen MR) is 70.6 cm³/mol. The Hall–Kier alpha value is -1.46. The maximum atomic E-state index is 12.8. The molecule has 0 radical (unpaired) electrons. The van der Waals surface area contributed by atoms with E-state index in [2.05, 4.69) is 5.32 Å². The van der Waals surface area contributed by atoms with Crippen LogP contribution in [0.4, 0.5) is 10.1 Å². The molecule has 0 aromatic heterocycles. The third-order valence-corrected chi connectivity index (χ3v) is 3.16. The number of ether oxygens (including phenoxy) is 1. The smallest absolute Gasteiger partial charge is 0.279 e. The first-order valence-electron chi connectivity index (χ1n) is 6.57. The highest BCUT2D eigenvalue weighted by molar-refractivity contribution is 5.91. The molecular weight excluding hydrogens is 247 g/mol. The van der Waals surface area contributed by atoms with Crippen molar-refractivity contribution in [3.8, 4) is 0 Å². The molecule has 0 unspecified atom stereocenters. The van der Waals surface area contributed by atoms with Crippen molar-refractivity contribution in [2.24, 2.45) is 0 Å². The lowest BCUT2D eigenvalue weighted by Crippen LogP contribution is -3.16. The van der Waals surface area contributed by atoms with Crippen molar-refractivity contribution in [2.75, 3.05) is 25.0 Å². The van der Waals surface area contributed by atoms with E-state index < -0.39 is 0 Å². The molecule has 1 amide bonds. The second kappa shape index (κ2) is 6.12. The summed E-state index contributed by atoms with van der Waals surface area (Å²) in [6, 6.07) is 5.79. The molecule has 2 N–H and O–H groups in total. The number of anilines is 1. The highest BCUT2D eigenvalue weighted by Gasteiger charge is 2.27. The summed E-state index contributed by atoms with van der Waals surface area (Å²) in [5, 5.41) is 2.78. The van der Waals surface area contributed by atoms with Crippen molar-refractivity contribution in [1.29, 1.82) is 0 Å². The van der Waals surface area contributed by atoms with Crippen molar-refractivity contribution < 1.29 is 18.8 Å². The van der Waals surface area contributed by atoms with Crippen molar-refractivity contribution in [3.63, 3.8) is 0 Å². The monoisotopic (exact) mass is 267 g/mol. The zero-order valence-electron chi connectivity index (χ0n) is 11.3. The number of hydrogen-bond acceptors (Lipinski definition) is 2. The van der Waals surface area contributed by atoms with Gasteiger partial charge in [0.15, 0.2) is 6.54 Å². The normalized spacial score (nSPS) is 27.0. The summed E-state index contributed by atoms with van der Waals surface area (Å²) >= 11 is 0. The summed E-state index contributed by atoms with van der Waals surface area (Å²) in [6.45, 7) is 6.12. The predicted octanol–water partition coefficient (Wildman–Crippen LogP) is 0.456. The van der Waals surface area contributed by atoms with Gasteiger partial charge in [-0.3, -0.25) is 4.79 Å². The number of morpholine rings is 1. The van der Waals surface area contributed by atoms with Crippen molar-refractivity contribution in [1.82, 2.24) is 0 Å². The van der Waals surface area contributed by atoms with Crippen molar-refractivity contribution in [2.45, 2.75) is 26.1 Å². The first-order valence-corrected chi connectivity index (χ1v) is 6.57. The molecule has 0 saturated carbocycles. The van der Waals surface area contributed by atoms with E-state index in [1.807, 2.05) is 13.8 Å². The van der Waals surface area contributed by atoms with Gasteiger partial charge in [-0.2, -0.15) is 0 Å². The van der Waals surface area contributed by atoms with Crippen LogP contribution < -0.4 is 10.2 Å². The average Bonchev–Trinajstić information content (AvgIpc) is 2.30. The highest BCUT2D eigenvalue weighted by atomic mass is 19.1. The van der Waals surface area contributed by atoms with Crippen molar-refractivity contribution in [3.05, 3.63) is 30.1 Å². The Morgan fingerprint density at radius 1 is 1.32 bits per heavy atom. The van der Waals surface area contributed by atoms with Crippen LogP contribution in [0.25, 0.3) is 0 Å². The Labute approximate surface area is 112 Å². The van der Waals surface area contributed by atoms with E-state index in [4.69, 9.17) is 4.74 Å². The number of quaternary nitrogens is 1. The minimum Gasteiger partial charge on any atom is -0.364 e. The average molecular weight is 267 g/mol. The molecular formula is C14H20FN2O2+. The topological polar surface area (TPSA) is 42.8 Å². The molecule has 0 spiro atoms. The quantitative estimate of drug-likeness (QED) is 0.835. The Balaban J connectivity index is 1.85. The van der Waals surface area contributed by atoms with Gasteiger partial charge < -0.3 is 15.0 Å². The number of benzene rings is 1. The molecule has 4 nitrogen and oxygen atoms in total. The lowest BCUT2D eigenvalue weighted by atomic mass is 10.2. The van der Waals surface area contributed by atoms with Crippen LogP contribution in [-0.2, 0) is 9.53 Å². The molecule has 1 heterocycles. The SMILES string of the molecule is C[C@H]1C[NH+](CC(=O)Nc2ccc(F)cc2)C[C@H](C)O1. The van der Waals surface area contributed by atoms with Crippen LogP contribution in [0.3, 0.4) is 0 Å². The number of carbonyl (C=O) groups is 1. The molecule has 1 aliphatic heterocycles. The fraction of sp³-hybridized carbons (Fsp3) is 0.500. The van der Waals surface area contributed by atoms with Gasteiger partial charge in [0.25, 0.3) is 5.91 Å². The fourth-order valence-electron chi connectivity index (χ4n) is 2.50. The van der Waals surface area contributed by atoms with Gasteiger partial charge in [-0.15, -0.1) is 0 Å². The highest BCUT2D eigenvalue weighted by Crippen LogP contribution is 2.07. The summed E-state index contributed by atoms with van der Waals surface area (Å²) in [5.41, 5.74) is 0.625. The molecule has 1 aromatic rings. The first kappa shape index (κ1) is 14.0. The third-order valence-electron chi connectivity index (χ3n) is 3.16. The molecule has 2 rings (SSSR count). The van der Waals surface area contributed by atoms with E-state index >= 15 is 0 Å². The van der Waals surface area contributed by atoms with Gasteiger partial charge in [0, 0.05) is 5.69 Å². The van der Waals surface area contributed by atoms with Crippen LogP contribution >= 0.6 is 0 Å². The molecule has 0 bridgehead atoms. The summed E-state index contributed by atoms with van der Waals surface area (Å²) in [6.07, 6.45) is 0.356. The van der Waals surface area contributed by atoms with Crippen LogP contribution in [0.5, 0.6) is 0 Å². The fourth-order valence-corrected chi connectivity index (χ4v) is 2.50. The Morgan fingerprint density at radius 3 is 2.47 bits per heavy atom. The summed E-state index contributed by atoms with van der Waals surface area (Å²) < 4.78 is 18.4. The van der Waals surface area contributed by atoms with Crippen LogP contribution in [0.15, 0.2) is 24.3 Å². The van der Waals surface area contributed by atoms with Gasteiger partial charge in [0.05, 0.1) is 0 Å². The van der Waals surface area contributed by atoms with Gasteiger partial charge in [-0.1, -0.05) is 0 Å². The molecule has 19 heavy (non-hydrogen) atoms. The van der Waals surface area contributed by atoms with E-state index in [1.54, 1.807) is 12.1 Å². The van der Waals surface area contributed by atoms with Crippen LogP contribution in [-0.4, -0.2) is 37.7 Å². The number of amides is 1. The zero-order valence-corrected chi connectivity index (χ0v) is 11.3. The number of hydrogen-bond donors (Lipinski definition) is 2. The maximum absolute atomic E-state index is 12.8. The molecule has 1 aromatic carbocycles. The standard InChI is InChI=1S/C14H19FN2O2/c1-10-7-17(8-11(2)19-10)9-14(18)16-13-5-3-12(15)4-6-13/h3-6,10-11H,7-9H2,1-2H3,(H,16,18)/p+1/t10-,11-/m0/s1. The molecule has 104 valence electrons. The van der Waals surface area contributed by atoms with Crippen molar-refractivity contribution >= 4 is 11.6 Å². The van der Waals surface area contributed by atoms with Gasteiger partial charge >= 0.3 is 0 Å². The lowest BCUT2D eigenvalue weighted by Gasteiger charge is -2.31. The zero-order chi connectivity index (χ0) is 13.8. The van der Waals surface area contributed by atoms with Crippen LogP contribution in [0.2, 0.25) is 0 Å². The largest absolute Gasteiger partial charge is 0.364 e. The number of nitrogens with one attached hydrogen (secondary N) is 2. The molecule has 5 heteroatoms. The molecule has 0 aliphatic carbocycles. The first-order chi connectivity index (χ1) is 9.02. The summed E-state index contributed by atoms with van der Waals surface area (Å²) in [5.74, 6) is -0.359. The second-order valence-corrected chi connectivity index (χ2v) is 5.15. The van der Waals surface area contributed by atoms with E-state index in [1.165, 1.54) is 17.0 Å². The molecule has 1 fully saturated rings. The van der Waals surface area contributed by atoms with Crippen LogP contribution in [0.1, 0.15) is 13.8 Å². The number of halogens is 1. The van der Waals surface area contributed by atoms with E-state index in [9.17, 15) is 9.18 Å². The lowest BCUT2D eigenvalue weighted by molar-refractivity contribution is -0.907. The number of carbonyl (C=O) groups excluding carboxylic acids is 1. The van der Waals surface area contributed by atoms with Gasteiger partial charge in [-0.05, 0) is 38.1 Å². The van der Waals surface area contributed by atoms with E-state index in [0.717, 1.165) is 13.1 Å². The van der Waals surface area contributed by atoms with Gasteiger partial charge in [-0.25, -0.2) is 4.39 Å². The Kier molecular flexibility index (Phi) is 4.50. The molecule has 1 aliphatic rings. The Morgan fingerprint density at radius 2 is 1.89 bits per heavy atom. The minimum absolute atomic E-state index is 0.0529. The van der Waals surface area contributed by atoms with E-state index in [-0.39, 0.29) is 23.9 Å². The molecule has 2 atom stereocenters. The van der Waals surface area contributed by atoms with E-state index in [0.29, 0.717) is 12.2 Å². The minimum atomic E-state index is -0.306. The Bertz CT molecular complexity index is 426. The summed E-state index contributed by atoms with van der Waals surface area (Å²) in [7, 11) is 0. The third kappa shape index (κ3) is 4.29.